The molecule has 27 heavy (non-hydrogen) atoms. The van der Waals surface area contributed by atoms with E-state index in [1.54, 1.807) is 48.4 Å². The van der Waals surface area contributed by atoms with E-state index in [2.05, 4.69) is 21.0 Å². The summed E-state index contributed by atoms with van der Waals surface area (Å²) in [5, 5.41) is 13.1. The van der Waals surface area contributed by atoms with E-state index < -0.39 is 6.04 Å². The number of hydrogen-bond acceptors (Lipinski definition) is 4. The van der Waals surface area contributed by atoms with Gasteiger partial charge in [0.15, 0.2) is 0 Å². The third-order valence-electron chi connectivity index (χ3n) is 4.96. The maximum Gasteiger partial charge on any atom is 0.251 e. The first kappa shape index (κ1) is 19.1. The number of aromatic nitrogens is 2. The van der Waals surface area contributed by atoms with Crippen LogP contribution >= 0.6 is 0 Å². The van der Waals surface area contributed by atoms with Gasteiger partial charge >= 0.3 is 0 Å². The molecule has 3 N–H and O–H groups in total. The third-order valence-corrected chi connectivity index (χ3v) is 4.96. The standard InChI is InChI=1S/C20H27N5O2/c1-21-18(15-12-22-25(2)13-15)20(27)24-17-10-8-14(9-11-17)19(26)23-16-6-4-3-5-7-16/h8-13,16,18,21H,3-7H2,1-2H3,(H,23,26)(H,24,27). The Labute approximate surface area is 159 Å². The van der Waals surface area contributed by atoms with Gasteiger partial charge in [-0.05, 0) is 44.2 Å². The van der Waals surface area contributed by atoms with Crippen LogP contribution in [0.25, 0.3) is 0 Å². The van der Waals surface area contributed by atoms with Crippen LogP contribution in [0.5, 0.6) is 0 Å². The molecule has 0 spiro atoms. The minimum atomic E-state index is -0.493. The molecule has 7 nitrogen and oxygen atoms in total. The van der Waals surface area contributed by atoms with Crippen molar-refractivity contribution in [2.75, 3.05) is 12.4 Å². The van der Waals surface area contributed by atoms with E-state index in [0.717, 1.165) is 18.4 Å². The summed E-state index contributed by atoms with van der Waals surface area (Å²) in [4.78, 5) is 24.9. The van der Waals surface area contributed by atoms with E-state index >= 15 is 0 Å². The monoisotopic (exact) mass is 369 g/mol. The Morgan fingerprint density at radius 3 is 2.44 bits per heavy atom. The van der Waals surface area contributed by atoms with Gasteiger partial charge in [-0.1, -0.05) is 19.3 Å². The first-order valence-corrected chi connectivity index (χ1v) is 9.44. The second-order valence-electron chi connectivity index (χ2n) is 7.04. The Bertz CT molecular complexity index is 778. The number of likely N-dealkylation sites (N-methyl/N-ethyl adjacent to an activating group) is 1. The van der Waals surface area contributed by atoms with Gasteiger partial charge in [0.05, 0.1) is 6.20 Å². The van der Waals surface area contributed by atoms with Crippen LogP contribution in [0.3, 0.4) is 0 Å². The minimum Gasteiger partial charge on any atom is -0.349 e. The summed E-state index contributed by atoms with van der Waals surface area (Å²) in [6.45, 7) is 0. The van der Waals surface area contributed by atoms with Crippen molar-refractivity contribution in [3.63, 3.8) is 0 Å². The van der Waals surface area contributed by atoms with Gasteiger partial charge in [-0.2, -0.15) is 5.10 Å². The smallest absolute Gasteiger partial charge is 0.251 e. The van der Waals surface area contributed by atoms with Crippen LogP contribution in [0.4, 0.5) is 5.69 Å². The highest BCUT2D eigenvalue weighted by Crippen LogP contribution is 2.19. The van der Waals surface area contributed by atoms with E-state index in [4.69, 9.17) is 0 Å². The third kappa shape index (κ3) is 4.95. The average molecular weight is 369 g/mol. The van der Waals surface area contributed by atoms with Crippen molar-refractivity contribution in [1.82, 2.24) is 20.4 Å². The van der Waals surface area contributed by atoms with Gasteiger partial charge in [0.1, 0.15) is 6.04 Å². The van der Waals surface area contributed by atoms with Gasteiger partial charge in [0.25, 0.3) is 5.91 Å². The second-order valence-corrected chi connectivity index (χ2v) is 7.04. The fourth-order valence-electron chi connectivity index (χ4n) is 3.47. The van der Waals surface area contributed by atoms with E-state index in [0.29, 0.717) is 11.3 Å². The molecule has 2 aromatic rings. The van der Waals surface area contributed by atoms with Crippen molar-refractivity contribution in [1.29, 1.82) is 0 Å². The summed E-state index contributed by atoms with van der Waals surface area (Å²) in [6.07, 6.45) is 9.20. The SMILES string of the molecule is CNC(C(=O)Nc1ccc(C(=O)NC2CCCCC2)cc1)c1cnn(C)c1. The van der Waals surface area contributed by atoms with Gasteiger partial charge < -0.3 is 16.0 Å². The Morgan fingerprint density at radius 1 is 1.15 bits per heavy atom. The zero-order valence-corrected chi connectivity index (χ0v) is 15.9. The van der Waals surface area contributed by atoms with Crippen LogP contribution in [0.2, 0.25) is 0 Å². The highest BCUT2D eigenvalue weighted by atomic mass is 16.2. The highest BCUT2D eigenvalue weighted by Gasteiger charge is 2.20. The Kier molecular flexibility index (Phi) is 6.24. The van der Waals surface area contributed by atoms with Gasteiger partial charge in [-0.25, -0.2) is 0 Å². The van der Waals surface area contributed by atoms with E-state index in [1.807, 2.05) is 7.05 Å². The van der Waals surface area contributed by atoms with Crippen LogP contribution < -0.4 is 16.0 Å². The van der Waals surface area contributed by atoms with Crippen molar-refractivity contribution < 1.29 is 9.59 Å². The molecule has 3 rings (SSSR count). The summed E-state index contributed by atoms with van der Waals surface area (Å²) in [5.74, 6) is -0.229. The molecule has 1 fully saturated rings. The summed E-state index contributed by atoms with van der Waals surface area (Å²) in [5.41, 5.74) is 2.05. The zero-order chi connectivity index (χ0) is 19.2. The largest absolute Gasteiger partial charge is 0.349 e. The number of anilines is 1. The molecule has 144 valence electrons. The van der Waals surface area contributed by atoms with Crippen LogP contribution in [-0.2, 0) is 11.8 Å². The molecule has 1 aliphatic carbocycles. The molecule has 0 saturated heterocycles. The fraction of sp³-hybridized carbons (Fsp3) is 0.450. The van der Waals surface area contributed by atoms with Crippen LogP contribution in [0.1, 0.15) is 54.1 Å². The molecular weight excluding hydrogens is 342 g/mol. The van der Waals surface area contributed by atoms with Crippen molar-refractivity contribution in [2.24, 2.45) is 7.05 Å². The number of carbonyl (C=O) groups is 2. The van der Waals surface area contributed by atoms with Gasteiger partial charge in [0, 0.05) is 36.1 Å². The predicted molar refractivity (Wildman–Crippen MR) is 104 cm³/mol. The summed E-state index contributed by atoms with van der Waals surface area (Å²) >= 11 is 0. The molecule has 1 heterocycles. The van der Waals surface area contributed by atoms with Gasteiger partial charge in [-0.15, -0.1) is 0 Å². The number of benzene rings is 1. The van der Waals surface area contributed by atoms with Crippen molar-refractivity contribution >= 4 is 17.5 Å². The number of nitrogens with one attached hydrogen (secondary N) is 3. The zero-order valence-electron chi connectivity index (χ0n) is 15.9. The Hall–Kier alpha value is -2.67. The summed E-state index contributed by atoms with van der Waals surface area (Å²) in [7, 11) is 3.54. The average Bonchev–Trinajstić information content (AvgIpc) is 3.09. The molecule has 1 aromatic heterocycles. The summed E-state index contributed by atoms with van der Waals surface area (Å²) in [6, 6.07) is 6.78. The predicted octanol–water partition coefficient (Wildman–Crippen LogP) is 2.38. The molecule has 1 aromatic carbocycles. The number of hydrogen-bond donors (Lipinski definition) is 3. The molecule has 1 atom stereocenters. The number of carbonyl (C=O) groups excluding carboxylic acids is 2. The lowest BCUT2D eigenvalue weighted by Gasteiger charge is -2.22. The lowest BCUT2D eigenvalue weighted by atomic mass is 9.95. The van der Waals surface area contributed by atoms with Crippen molar-refractivity contribution in [3.8, 4) is 0 Å². The second kappa shape index (κ2) is 8.81. The molecule has 0 radical (unpaired) electrons. The molecule has 0 bridgehead atoms. The van der Waals surface area contributed by atoms with Gasteiger partial charge in [0.2, 0.25) is 5.91 Å². The van der Waals surface area contributed by atoms with Crippen molar-refractivity contribution in [2.45, 2.75) is 44.2 Å². The summed E-state index contributed by atoms with van der Waals surface area (Å²) < 4.78 is 1.66. The number of aryl methyl sites for hydroxylation is 1. The Balaban J connectivity index is 1.59. The highest BCUT2D eigenvalue weighted by molar-refractivity contribution is 5.97. The maximum atomic E-state index is 12.5. The maximum absolute atomic E-state index is 12.5. The van der Waals surface area contributed by atoms with E-state index in [9.17, 15) is 9.59 Å². The molecule has 2 amide bonds. The number of amides is 2. The lowest BCUT2D eigenvalue weighted by Crippen LogP contribution is -2.36. The Morgan fingerprint density at radius 2 is 1.85 bits per heavy atom. The van der Waals surface area contributed by atoms with Crippen LogP contribution in [0.15, 0.2) is 36.7 Å². The molecule has 1 aliphatic rings. The fourth-order valence-corrected chi connectivity index (χ4v) is 3.47. The van der Waals surface area contributed by atoms with Crippen LogP contribution in [0, 0.1) is 0 Å². The first-order valence-electron chi connectivity index (χ1n) is 9.44. The topological polar surface area (TPSA) is 88.1 Å². The number of nitrogens with zero attached hydrogens (tertiary/aromatic N) is 2. The molecular formula is C20H27N5O2. The van der Waals surface area contributed by atoms with E-state index in [1.165, 1.54) is 19.3 Å². The van der Waals surface area contributed by atoms with Gasteiger partial charge in [-0.3, -0.25) is 14.3 Å². The quantitative estimate of drug-likeness (QED) is 0.729. The minimum absolute atomic E-state index is 0.0526. The number of rotatable bonds is 6. The van der Waals surface area contributed by atoms with Crippen LogP contribution in [-0.4, -0.2) is 34.7 Å². The first-order chi connectivity index (χ1) is 13.1. The molecule has 1 unspecified atom stereocenters. The van der Waals surface area contributed by atoms with Crippen molar-refractivity contribution in [3.05, 3.63) is 47.8 Å². The lowest BCUT2D eigenvalue weighted by molar-refractivity contribution is -0.118. The molecule has 0 aliphatic heterocycles. The molecule has 1 saturated carbocycles. The van der Waals surface area contributed by atoms with E-state index in [-0.39, 0.29) is 17.9 Å². The normalized spacial score (nSPS) is 15.9. The molecule has 7 heteroatoms.